The predicted octanol–water partition coefficient (Wildman–Crippen LogP) is 7.43. The molecule has 1 aliphatic heterocycles. The van der Waals surface area contributed by atoms with Crippen LogP contribution in [0.3, 0.4) is 0 Å². The molecule has 0 spiro atoms. The molecule has 2 aromatic heterocycles. The molecule has 5 rings (SSSR count). The zero-order chi connectivity index (χ0) is 27.8. The molecular weight excluding hydrogens is 520 g/mol. The Morgan fingerprint density at radius 2 is 1.45 bits per heavy atom. The summed E-state index contributed by atoms with van der Waals surface area (Å²) in [6.07, 6.45) is 9.91. The summed E-state index contributed by atoms with van der Waals surface area (Å²) < 4.78 is 4.44. The molecule has 1 fully saturated rings. The Morgan fingerprint density at radius 1 is 0.825 bits per heavy atom. The van der Waals surface area contributed by atoms with Gasteiger partial charge < -0.3 is 19.4 Å². The molecule has 0 bridgehead atoms. The molecule has 0 aliphatic carbocycles. The Bertz CT molecular complexity index is 1390. The van der Waals surface area contributed by atoms with Crippen molar-refractivity contribution >= 4 is 45.9 Å². The van der Waals surface area contributed by atoms with Gasteiger partial charge in [0.1, 0.15) is 0 Å². The molecule has 216 valence electrons. The quantitative estimate of drug-likeness (QED) is 0.170. The molecule has 1 amide bonds. The van der Waals surface area contributed by atoms with Gasteiger partial charge in [0.25, 0.3) is 11.7 Å². The van der Waals surface area contributed by atoms with E-state index < -0.39 is 11.7 Å². The van der Waals surface area contributed by atoms with Gasteiger partial charge in [-0.05, 0) is 76.2 Å². The van der Waals surface area contributed by atoms with Gasteiger partial charge in [0.05, 0.1) is 5.56 Å². The molecule has 4 aromatic rings. The van der Waals surface area contributed by atoms with Crippen molar-refractivity contribution in [3.63, 3.8) is 0 Å². The van der Waals surface area contributed by atoms with E-state index in [1.165, 1.54) is 36.6 Å². The van der Waals surface area contributed by atoms with Gasteiger partial charge in [-0.15, -0.1) is 12.4 Å². The van der Waals surface area contributed by atoms with Crippen molar-refractivity contribution in [3.05, 3.63) is 72.6 Å². The minimum absolute atomic E-state index is 0. The third-order valence-corrected chi connectivity index (χ3v) is 8.11. The van der Waals surface area contributed by atoms with E-state index in [1.54, 1.807) is 0 Å². The van der Waals surface area contributed by atoms with Crippen LogP contribution in [0.5, 0.6) is 0 Å². The van der Waals surface area contributed by atoms with E-state index >= 15 is 0 Å². The molecule has 6 nitrogen and oxygen atoms in total. The fourth-order valence-electron chi connectivity index (χ4n) is 5.35. The highest BCUT2D eigenvalue weighted by atomic mass is 35.5. The number of carbonyl (C=O) groups excluding carboxylic acids is 2. The number of Topliss-reactive ketones (excluding diaryl/α,β-unsaturated/α-hetero) is 1. The van der Waals surface area contributed by atoms with Gasteiger partial charge in [-0.3, -0.25) is 9.59 Å². The molecule has 0 radical (unpaired) electrons. The van der Waals surface area contributed by atoms with Crippen molar-refractivity contribution in [1.29, 1.82) is 0 Å². The lowest BCUT2D eigenvalue weighted by Crippen LogP contribution is -2.39. The number of hydrogen-bond donors (Lipinski definition) is 1. The summed E-state index contributed by atoms with van der Waals surface area (Å²) in [7, 11) is 0. The maximum Gasteiger partial charge on any atom is 0.292 e. The third kappa shape index (κ3) is 7.35. The first-order chi connectivity index (χ1) is 18.9. The van der Waals surface area contributed by atoms with Crippen molar-refractivity contribution < 1.29 is 9.59 Å². The summed E-state index contributed by atoms with van der Waals surface area (Å²) in [6, 6.07) is 19.4. The van der Waals surface area contributed by atoms with Crippen molar-refractivity contribution in [2.24, 2.45) is 0 Å². The highest BCUT2D eigenvalue weighted by Gasteiger charge is 2.22. The third-order valence-electron chi connectivity index (χ3n) is 8.11. The number of amides is 1. The topological polar surface area (TPSA) is 59.3 Å². The molecule has 3 heterocycles. The SMILES string of the molecule is CCC(C)n1cc(C(=O)C(=O)NCCN2CCCCC2)c2ccccc21.CCC(C)n1ccc2ccccc21.Cl. The van der Waals surface area contributed by atoms with E-state index in [1.807, 2.05) is 30.5 Å². The Labute approximate surface area is 245 Å². The van der Waals surface area contributed by atoms with Crippen LogP contribution >= 0.6 is 12.4 Å². The molecule has 40 heavy (non-hydrogen) atoms. The zero-order valence-electron chi connectivity index (χ0n) is 24.4. The molecule has 0 saturated carbocycles. The monoisotopic (exact) mass is 564 g/mol. The fraction of sp³-hybridized carbons (Fsp3) is 0.455. The van der Waals surface area contributed by atoms with Gasteiger partial charge in [0.2, 0.25) is 0 Å². The number of benzene rings is 2. The van der Waals surface area contributed by atoms with Gasteiger partial charge in [-0.1, -0.05) is 56.7 Å². The Kier molecular flexibility index (Phi) is 11.8. The van der Waals surface area contributed by atoms with Crippen LogP contribution in [-0.4, -0.2) is 51.9 Å². The second-order valence-electron chi connectivity index (χ2n) is 10.8. The molecule has 2 unspecified atom stereocenters. The van der Waals surface area contributed by atoms with Crippen molar-refractivity contribution in [3.8, 4) is 0 Å². The van der Waals surface area contributed by atoms with Crippen LogP contribution in [0.1, 0.15) is 82.2 Å². The van der Waals surface area contributed by atoms with Crippen LogP contribution in [-0.2, 0) is 4.79 Å². The van der Waals surface area contributed by atoms with E-state index in [0.717, 1.165) is 37.0 Å². The Balaban J connectivity index is 0.000000264. The van der Waals surface area contributed by atoms with Gasteiger partial charge in [0, 0.05) is 54.0 Å². The van der Waals surface area contributed by atoms with Crippen LogP contribution < -0.4 is 5.32 Å². The number of halogens is 1. The predicted molar refractivity (Wildman–Crippen MR) is 169 cm³/mol. The largest absolute Gasteiger partial charge is 0.348 e. The molecule has 2 aromatic carbocycles. The summed E-state index contributed by atoms with van der Waals surface area (Å²) in [6.45, 7) is 12.2. The van der Waals surface area contributed by atoms with Gasteiger partial charge in [-0.25, -0.2) is 0 Å². The number of hydrogen-bond acceptors (Lipinski definition) is 3. The minimum atomic E-state index is -0.505. The second-order valence-corrected chi connectivity index (χ2v) is 10.8. The number of piperidine rings is 1. The Hall–Kier alpha value is -3.09. The molecule has 1 N–H and O–H groups in total. The number of fused-ring (bicyclic) bond motifs is 2. The standard InChI is InChI=1S/C21H29N3O2.C12H15N.ClH/c1-3-16(2)24-15-18(17-9-5-6-10-19(17)24)20(25)21(26)22-11-14-23-12-7-4-8-13-23;1-3-10(2)13-9-8-11-6-4-5-7-12(11)13;/h5-6,9-10,15-16H,3-4,7-8,11-14H2,1-2H3,(H,22,26);4-10H,3H2,1-2H3;1H. The fourth-order valence-corrected chi connectivity index (χ4v) is 5.35. The smallest absolute Gasteiger partial charge is 0.292 e. The van der Waals surface area contributed by atoms with E-state index in [2.05, 4.69) is 83.6 Å². The average Bonchev–Trinajstić information content (AvgIpc) is 3.59. The molecule has 1 saturated heterocycles. The summed E-state index contributed by atoms with van der Waals surface area (Å²) in [4.78, 5) is 27.5. The van der Waals surface area contributed by atoms with Crippen LogP contribution in [0.2, 0.25) is 0 Å². The highest BCUT2D eigenvalue weighted by molar-refractivity contribution is 6.45. The van der Waals surface area contributed by atoms with Crippen molar-refractivity contribution in [2.45, 2.75) is 71.9 Å². The first kappa shape index (κ1) is 31.4. The molecule has 1 aliphatic rings. The van der Waals surface area contributed by atoms with E-state index in [0.29, 0.717) is 18.2 Å². The van der Waals surface area contributed by atoms with Crippen LogP contribution in [0.4, 0.5) is 0 Å². The minimum Gasteiger partial charge on any atom is -0.348 e. The number of rotatable bonds is 9. The van der Waals surface area contributed by atoms with E-state index in [4.69, 9.17) is 0 Å². The number of likely N-dealkylation sites (tertiary alicyclic amines) is 1. The van der Waals surface area contributed by atoms with Gasteiger partial charge >= 0.3 is 0 Å². The van der Waals surface area contributed by atoms with Crippen LogP contribution in [0.25, 0.3) is 21.8 Å². The number of para-hydroxylation sites is 2. The lowest BCUT2D eigenvalue weighted by atomic mass is 10.1. The average molecular weight is 565 g/mol. The summed E-state index contributed by atoms with van der Waals surface area (Å²) >= 11 is 0. The molecule has 2 atom stereocenters. The normalized spacial score (nSPS) is 15.1. The number of nitrogens with one attached hydrogen (secondary N) is 1. The van der Waals surface area contributed by atoms with Crippen LogP contribution in [0.15, 0.2) is 67.0 Å². The van der Waals surface area contributed by atoms with Gasteiger partial charge in [-0.2, -0.15) is 0 Å². The maximum atomic E-state index is 12.7. The number of ketones is 1. The lowest BCUT2D eigenvalue weighted by Gasteiger charge is -2.26. The number of aromatic nitrogens is 2. The number of carbonyl (C=O) groups is 2. The number of nitrogens with zero attached hydrogens (tertiary/aromatic N) is 3. The van der Waals surface area contributed by atoms with Gasteiger partial charge in [0.15, 0.2) is 0 Å². The molecule has 7 heteroatoms. The van der Waals surface area contributed by atoms with Crippen molar-refractivity contribution in [1.82, 2.24) is 19.4 Å². The first-order valence-electron chi connectivity index (χ1n) is 14.6. The summed E-state index contributed by atoms with van der Waals surface area (Å²) in [5.41, 5.74) is 2.85. The summed E-state index contributed by atoms with van der Waals surface area (Å²) in [5.74, 6) is -0.948. The lowest BCUT2D eigenvalue weighted by molar-refractivity contribution is -0.117. The molecular formula is C33H45ClN4O2. The maximum absolute atomic E-state index is 12.7. The van der Waals surface area contributed by atoms with Crippen LogP contribution in [0, 0.1) is 0 Å². The van der Waals surface area contributed by atoms with Crippen molar-refractivity contribution in [2.75, 3.05) is 26.2 Å². The van der Waals surface area contributed by atoms with E-state index in [-0.39, 0.29) is 18.4 Å². The van der Waals surface area contributed by atoms with E-state index in [9.17, 15) is 9.59 Å². The second kappa shape index (κ2) is 15.1. The zero-order valence-corrected chi connectivity index (χ0v) is 25.3. The first-order valence-corrected chi connectivity index (χ1v) is 14.6. The Morgan fingerprint density at radius 3 is 2.15 bits per heavy atom. The highest BCUT2D eigenvalue weighted by Crippen LogP contribution is 2.26. The summed E-state index contributed by atoms with van der Waals surface area (Å²) in [5, 5.41) is 4.99.